The van der Waals surface area contributed by atoms with E-state index in [1.165, 1.54) is 6.20 Å². The highest BCUT2D eigenvalue weighted by Crippen LogP contribution is 2.30. The number of aryl methyl sites for hydroxylation is 2. The largest absolute Gasteiger partial charge is 0.337 e. The number of fused-ring (bicyclic) bond motifs is 1. The zero-order valence-corrected chi connectivity index (χ0v) is 17.5. The Hall–Kier alpha value is -3.45. The number of nitrogens with one attached hydrogen (secondary N) is 1. The molecular formula is C23H21N3O3S. The maximum Gasteiger partial charge on any atom is 0.245 e. The fourth-order valence-electron chi connectivity index (χ4n) is 3.35. The van der Waals surface area contributed by atoms with Gasteiger partial charge in [-0.15, -0.1) is 0 Å². The number of carbonyl (C=O) groups excluding carboxylic acids is 1. The van der Waals surface area contributed by atoms with E-state index in [0.717, 1.165) is 11.3 Å². The summed E-state index contributed by atoms with van der Waals surface area (Å²) < 4.78 is 28.2. The zero-order chi connectivity index (χ0) is 21.3. The van der Waals surface area contributed by atoms with Crippen LogP contribution in [0.2, 0.25) is 0 Å². The van der Waals surface area contributed by atoms with Gasteiger partial charge < -0.3 is 9.88 Å². The number of nitrogens with zero attached hydrogens (tertiary/aromatic N) is 2. The summed E-state index contributed by atoms with van der Waals surface area (Å²) in [5, 5.41) is 3.34. The van der Waals surface area contributed by atoms with Gasteiger partial charge in [0, 0.05) is 22.8 Å². The average Bonchev–Trinajstić information content (AvgIpc) is 3.07. The number of carbonyl (C=O) groups is 1. The molecule has 0 atom stereocenters. The van der Waals surface area contributed by atoms with Crippen LogP contribution in [0.4, 0.5) is 5.82 Å². The quantitative estimate of drug-likeness (QED) is 0.528. The lowest BCUT2D eigenvalue weighted by Crippen LogP contribution is -2.19. The van der Waals surface area contributed by atoms with Crippen LogP contribution < -0.4 is 5.32 Å². The summed E-state index contributed by atoms with van der Waals surface area (Å²) in [5.41, 5.74) is 2.46. The summed E-state index contributed by atoms with van der Waals surface area (Å²) >= 11 is 0. The first-order chi connectivity index (χ1) is 14.3. The molecule has 1 N–H and O–H groups in total. The Bertz CT molecular complexity index is 1340. The first-order valence-electron chi connectivity index (χ1n) is 9.48. The lowest BCUT2D eigenvalue weighted by Gasteiger charge is -2.07. The van der Waals surface area contributed by atoms with E-state index < -0.39 is 9.84 Å². The predicted octanol–water partition coefficient (Wildman–Crippen LogP) is 4.12. The molecule has 0 aliphatic heterocycles. The molecule has 0 bridgehead atoms. The molecule has 0 radical (unpaired) electrons. The molecule has 6 nitrogen and oxygen atoms in total. The van der Waals surface area contributed by atoms with E-state index in [4.69, 9.17) is 0 Å². The number of hydrogen-bond donors (Lipinski definition) is 1. The summed E-state index contributed by atoms with van der Waals surface area (Å²) in [7, 11) is -3.73. The second kappa shape index (κ2) is 7.76. The molecule has 0 spiro atoms. The average molecular weight is 420 g/mol. The van der Waals surface area contributed by atoms with Gasteiger partial charge in [-0.1, -0.05) is 42.0 Å². The van der Waals surface area contributed by atoms with E-state index in [-0.39, 0.29) is 22.2 Å². The number of sulfone groups is 1. The van der Waals surface area contributed by atoms with Gasteiger partial charge in [-0.3, -0.25) is 4.79 Å². The highest BCUT2D eigenvalue weighted by molar-refractivity contribution is 7.91. The summed E-state index contributed by atoms with van der Waals surface area (Å²) in [6, 6.07) is 19.3. The summed E-state index contributed by atoms with van der Waals surface area (Å²) in [6.45, 7) is 3.72. The van der Waals surface area contributed by atoms with Crippen molar-refractivity contribution in [3.63, 3.8) is 0 Å². The van der Waals surface area contributed by atoms with E-state index >= 15 is 0 Å². The first kappa shape index (κ1) is 19.8. The van der Waals surface area contributed by atoms with Crippen LogP contribution in [0.5, 0.6) is 0 Å². The number of para-hydroxylation sites is 1. The number of amides is 1. The van der Waals surface area contributed by atoms with E-state index in [1.807, 2.05) is 38.1 Å². The van der Waals surface area contributed by atoms with E-state index in [9.17, 15) is 13.2 Å². The lowest BCUT2D eigenvalue weighted by atomic mass is 10.2. The molecule has 30 heavy (non-hydrogen) atoms. The van der Waals surface area contributed by atoms with Gasteiger partial charge in [0.2, 0.25) is 15.7 Å². The normalized spacial score (nSPS) is 11.5. The number of pyridine rings is 1. The molecule has 0 saturated heterocycles. The Morgan fingerprint density at radius 2 is 1.70 bits per heavy atom. The van der Waals surface area contributed by atoms with Crippen LogP contribution >= 0.6 is 0 Å². The van der Waals surface area contributed by atoms with Gasteiger partial charge in [0.05, 0.1) is 9.79 Å². The van der Waals surface area contributed by atoms with Gasteiger partial charge in [-0.25, -0.2) is 13.4 Å². The Morgan fingerprint density at radius 1 is 0.967 bits per heavy atom. The minimum absolute atomic E-state index is 0.0282. The minimum atomic E-state index is -3.73. The molecule has 2 aromatic carbocycles. The second-order valence-corrected chi connectivity index (χ2v) is 9.09. The van der Waals surface area contributed by atoms with Crippen LogP contribution in [0.3, 0.4) is 0 Å². The number of rotatable bonds is 5. The maximum absolute atomic E-state index is 13.3. The molecule has 152 valence electrons. The third kappa shape index (κ3) is 3.84. The Kier molecular flexibility index (Phi) is 5.13. The van der Waals surface area contributed by atoms with Gasteiger partial charge in [0.15, 0.2) is 0 Å². The van der Waals surface area contributed by atoms with Crippen LogP contribution in [-0.2, 0) is 21.2 Å². The van der Waals surface area contributed by atoms with Crippen LogP contribution in [0.15, 0.2) is 82.7 Å². The molecule has 0 aliphatic rings. The molecule has 0 aliphatic carbocycles. The molecule has 0 saturated carbocycles. The fraction of sp³-hybridized carbons (Fsp3) is 0.130. The van der Waals surface area contributed by atoms with Crippen molar-refractivity contribution in [1.82, 2.24) is 9.55 Å². The zero-order valence-electron chi connectivity index (χ0n) is 16.7. The standard InChI is InChI=1S/C23H21N3O3S/c1-16-10-12-18(13-11-16)30(28,29)21-14-26(20-8-4-3-7-19(20)21)15-23(27)25-22-9-5-6-17(2)24-22/h3-14H,15H2,1-2H3,(H,24,25,27). The van der Waals surface area contributed by atoms with Crippen LogP contribution in [0.25, 0.3) is 10.9 Å². The monoisotopic (exact) mass is 419 g/mol. The van der Waals surface area contributed by atoms with Crippen molar-refractivity contribution >= 4 is 32.5 Å². The van der Waals surface area contributed by atoms with Gasteiger partial charge in [0.25, 0.3) is 0 Å². The third-order valence-electron chi connectivity index (χ3n) is 4.84. The van der Waals surface area contributed by atoms with Crippen molar-refractivity contribution in [2.75, 3.05) is 5.32 Å². The Labute approximate surface area is 175 Å². The molecular weight excluding hydrogens is 398 g/mol. The molecule has 4 rings (SSSR count). The van der Waals surface area contributed by atoms with Gasteiger partial charge in [-0.2, -0.15) is 0 Å². The molecule has 1 amide bonds. The molecule has 0 unspecified atom stereocenters. The Balaban J connectivity index is 1.70. The highest BCUT2D eigenvalue weighted by atomic mass is 32.2. The van der Waals surface area contributed by atoms with Crippen LogP contribution in [0, 0.1) is 13.8 Å². The van der Waals surface area contributed by atoms with Gasteiger partial charge >= 0.3 is 0 Å². The van der Waals surface area contributed by atoms with Crippen LogP contribution in [0.1, 0.15) is 11.3 Å². The van der Waals surface area contributed by atoms with Crippen molar-refractivity contribution in [3.8, 4) is 0 Å². The topological polar surface area (TPSA) is 81.1 Å². The van der Waals surface area contributed by atoms with Crippen molar-refractivity contribution in [2.45, 2.75) is 30.2 Å². The van der Waals surface area contributed by atoms with Crippen molar-refractivity contribution in [1.29, 1.82) is 0 Å². The number of benzene rings is 2. The predicted molar refractivity (Wildman–Crippen MR) is 116 cm³/mol. The van der Waals surface area contributed by atoms with Crippen molar-refractivity contribution < 1.29 is 13.2 Å². The minimum Gasteiger partial charge on any atom is -0.337 e. The molecule has 0 fully saturated rings. The van der Waals surface area contributed by atoms with Crippen molar-refractivity contribution in [2.24, 2.45) is 0 Å². The Morgan fingerprint density at radius 3 is 2.43 bits per heavy atom. The van der Waals surface area contributed by atoms with E-state index in [1.54, 1.807) is 47.0 Å². The summed E-state index contributed by atoms with van der Waals surface area (Å²) in [5.74, 6) is 0.178. The smallest absolute Gasteiger partial charge is 0.245 e. The number of aromatic nitrogens is 2. The number of anilines is 1. The van der Waals surface area contributed by atoms with Crippen LogP contribution in [-0.4, -0.2) is 23.9 Å². The van der Waals surface area contributed by atoms with Crippen molar-refractivity contribution in [3.05, 3.63) is 84.2 Å². The van der Waals surface area contributed by atoms with E-state index in [0.29, 0.717) is 16.7 Å². The molecule has 2 heterocycles. The molecule has 7 heteroatoms. The summed E-state index contributed by atoms with van der Waals surface area (Å²) in [4.78, 5) is 17.3. The highest BCUT2D eigenvalue weighted by Gasteiger charge is 2.23. The third-order valence-corrected chi connectivity index (χ3v) is 6.64. The molecule has 2 aromatic heterocycles. The van der Waals surface area contributed by atoms with Gasteiger partial charge in [-0.05, 0) is 44.2 Å². The molecule has 4 aromatic rings. The first-order valence-corrected chi connectivity index (χ1v) is 11.0. The number of hydrogen-bond acceptors (Lipinski definition) is 4. The second-order valence-electron chi connectivity index (χ2n) is 7.17. The maximum atomic E-state index is 13.3. The fourth-order valence-corrected chi connectivity index (χ4v) is 4.83. The van der Waals surface area contributed by atoms with Gasteiger partial charge in [0.1, 0.15) is 12.4 Å². The summed E-state index contributed by atoms with van der Waals surface area (Å²) in [6.07, 6.45) is 1.53. The SMILES string of the molecule is Cc1ccc(S(=O)(=O)c2cn(CC(=O)Nc3cccc(C)n3)c3ccccc23)cc1. The lowest BCUT2D eigenvalue weighted by molar-refractivity contribution is -0.116. The van der Waals surface area contributed by atoms with E-state index in [2.05, 4.69) is 10.3 Å².